The van der Waals surface area contributed by atoms with Crippen molar-refractivity contribution in [2.75, 3.05) is 0 Å². The third-order valence-electron chi connectivity index (χ3n) is 5.54. The SMILES string of the molecule is N#CN=c1c2cc3c(=NC#N)c4c(F)c(F)c(F)c(F)c4c3cc2c2c(F)c(F)c(F)c(F)c12. The zero-order valence-corrected chi connectivity index (χ0v) is 16.0. The van der Waals surface area contributed by atoms with E-state index in [1.807, 2.05) is 0 Å². The number of halogens is 8. The minimum Gasteiger partial charge on any atom is -0.203 e. The number of hydrogen-bond acceptors (Lipinski definition) is 4. The molecule has 0 saturated carbocycles. The molecule has 4 nitrogen and oxygen atoms in total. The van der Waals surface area contributed by atoms with E-state index in [0.29, 0.717) is 0 Å². The lowest BCUT2D eigenvalue weighted by atomic mass is 10.1. The van der Waals surface area contributed by atoms with Gasteiger partial charge in [0.25, 0.3) is 0 Å². The minimum absolute atomic E-state index is 0.307. The van der Waals surface area contributed by atoms with E-state index in [9.17, 15) is 35.1 Å². The van der Waals surface area contributed by atoms with Gasteiger partial charge in [0.2, 0.25) is 12.4 Å². The van der Waals surface area contributed by atoms with E-state index in [2.05, 4.69) is 9.98 Å². The lowest BCUT2D eigenvalue weighted by Gasteiger charge is -2.02. The Bertz CT molecular complexity index is 1830. The summed E-state index contributed by atoms with van der Waals surface area (Å²) in [4.78, 5) is 6.68. The maximum Gasteiger partial charge on any atom is 0.206 e. The first-order valence-electron chi connectivity index (χ1n) is 9.01. The van der Waals surface area contributed by atoms with Crippen molar-refractivity contribution in [1.82, 2.24) is 0 Å². The summed E-state index contributed by atoms with van der Waals surface area (Å²) in [6.07, 6.45) is 2.61. The molecule has 5 aromatic carbocycles. The molecular weight excluding hydrogens is 472 g/mol. The molecule has 0 fully saturated rings. The van der Waals surface area contributed by atoms with E-state index >= 15 is 0 Å². The molecule has 5 aromatic rings. The number of benzene rings is 3. The van der Waals surface area contributed by atoms with Crippen LogP contribution in [0.2, 0.25) is 0 Å². The molecule has 0 atom stereocenters. The molecule has 0 bridgehead atoms. The molecule has 0 aromatic heterocycles. The van der Waals surface area contributed by atoms with Crippen LogP contribution in [0.5, 0.6) is 0 Å². The quantitative estimate of drug-likeness (QED) is 0.136. The van der Waals surface area contributed by atoms with Crippen molar-refractivity contribution in [3.05, 3.63) is 69.4 Å². The Morgan fingerprint density at radius 2 is 0.735 bits per heavy atom. The smallest absolute Gasteiger partial charge is 0.203 e. The fourth-order valence-electron chi connectivity index (χ4n) is 4.22. The van der Waals surface area contributed by atoms with Gasteiger partial charge in [0.15, 0.2) is 46.5 Å². The molecule has 0 N–H and O–H groups in total. The molecule has 0 radical (unpaired) electrons. The van der Waals surface area contributed by atoms with Crippen LogP contribution in [-0.2, 0) is 0 Å². The second-order valence-corrected chi connectivity index (χ2v) is 7.08. The summed E-state index contributed by atoms with van der Waals surface area (Å²) >= 11 is 0. The second kappa shape index (κ2) is 6.96. The summed E-state index contributed by atoms with van der Waals surface area (Å²) in [7, 11) is 0. The Balaban J connectivity index is 2.23. The first kappa shape index (κ1) is 21.3. The number of nitriles is 2. The second-order valence-electron chi connectivity index (χ2n) is 7.08. The van der Waals surface area contributed by atoms with Crippen molar-refractivity contribution in [1.29, 1.82) is 10.5 Å². The van der Waals surface area contributed by atoms with Gasteiger partial charge in [-0.25, -0.2) is 35.1 Å². The molecule has 0 amide bonds. The van der Waals surface area contributed by atoms with Crippen LogP contribution in [-0.4, -0.2) is 0 Å². The van der Waals surface area contributed by atoms with Gasteiger partial charge < -0.3 is 0 Å². The first-order valence-corrected chi connectivity index (χ1v) is 9.01. The molecule has 0 saturated heterocycles. The normalized spacial score (nSPS) is 13.0. The molecule has 12 heteroatoms. The predicted octanol–water partition coefficient (Wildman–Crippen LogP) is 5.05. The van der Waals surface area contributed by atoms with E-state index < -0.39 is 89.6 Å². The van der Waals surface area contributed by atoms with Crippen molar-refractivity contribution in [2.45, 2.75) is 0 Å². The molecule has 0 heterocycles. The third kappa shape index (κ3) is 2.39. The molecule has 34 heavy (non-hydrogen) atoms. The van der Waals surface area contributed by atoms with Gasteiger partial charge in [0.1, 0.15) is 0 Å². The zero-order chi connectivity index (χ0) is 24.6. The summed E-state index contributed by atoms with van der Waals surface area (Å²) in [5, 5.41) is 11.7. The van der Waals surface area contributed by atoms with Gasteiger partial charge in [-0.2, -0.15) is 20.5 Å². The molecule has 0 unspecified atom stereocenters. The van der Waals surface area contributed by atoms with Crippen LogP contribution in [0.3, 0.4) is 0 Å². The Hall–Kier alpha value is -4.58. The third-order valence-corrected chi connectivity index (χ3v) is 5.54. The summed E-state index contributed by atoms with van der Waals surface area (Å²) in [6.45, 7) is 0. The molecule has 0 aliphatic rings. The van der Waals surface area contributed by atoms with Crippen molar-refractivity contribution in [3.63, 3.8) is 0 Å². The Morgan fingerprint density at radius 3 is 1.06 bits per heavy atom. The standard InChI is InChI=1S/C22H2F8N4/c23-13-9-5-1-6-8(2-7(5)21(33-3-31)11(9)15(25)19(29)17(13)27)22(34-4-32)12-10(6)14(24)18(28)20(30)16(12)26/h1-2H. The summed E-state index contributed by atoms with van der Waals surface area (Å²) in [6, 6.07) is 1.79. The van der Waals surface area contributed by atoms with Crippen molar-refractivity contribution in [3.8, 4) is 12.4 Å². The summed E-state index contributed by atoms with van der Waals surface area (Å²) in [5.74, 6) is -16.2. The van der Waals surface area contributed by atoms with Gasteiger partial charge in [0.05, 0.1) is 21.5 Å². The van der Waals surface area contributed by atoms with Crippen LogP contribution in [0.4, 0.5) is 35.1 Å². The van der Waals surface area contributed by atoms with E-state index in [1.165, 1.54) is 12.4 Å². The van der Waals surface area contributed by atoms with Crippen molar-refractivity contribution in [2.24, 2.45) is 9.98 Å². The van der Waals surface area contributed by atoms with E-state index in [1.54, 1.807) is 0 Å². The first-order chi connectivity index (χ1) is 16.1. The largest absolute Gasteiger partial charge is 0.206 e. The van der Waals surface area contributed by atoms with Gasteiger partial charge >= 0.3 is 0 Å². The van der Waals surface area contributed by atoms with Gasteiger partial charge in [-0.05, 0) is 22.9 Å². The number of fused-ring (bicyclic) bond motifs is 6. The maximum absolute atomic E-state index is 14.7. The Kier molecular flexibility index (Phi) is 4.35. The topological polar surface area (TPSA) is 72.3 Å². The fourth-order valence-corrected chi connectivity index (χ4v) is 4.22. The van der Waals surface area contributed by atoms with Crippen LogP contribution in [0, 0.1) is 69.4 Å². The fraction of sp³-hybridized carbons (Fsp3) is 0. The maximum atomic E-state index is 14.7. The zero-order valence-electron chi connectivity index (χ0n) is 16.0. The van der Waals surface area contributed by atoms with E-state index in [-0.39, 0.29) is 10.8 Å². The molecule has 166 valence electrons. The average molecular weight is 474 g/mol. The number of nitrogens with zero attached hydrogens (tertiary/aromatic N) is 4. The van der Waals surface area contributed by atoms with E-state index in [0.717, 1.165) is 12.1 Å². The lowest BCUT2D eigenvalue weighted by Crippen LogP contribution is -2.06. The van der Waals surface area contributed by atoms with E-state index in [4.69, 9.17) is 10.5 Å². The highest BCUT2D eigenvalue weighted by Crippen LogP contribution is 2.38. The highest BCUT2D eigenvalue weighted by atomic mass is 19.2. The molecule has 0 spiro atoms. The summed E-state index contributed by atoms with van der Waals surface area (Å²) < 4.78 is 114. The number of rotatable bonds is 0. The monoisotopic (exact) mass is 474 g/mol. The Morgan fingerprint density at radius 1 is 0.441 bits per heavy atom. The van der Waals surface area contributed by atoms with Crippen molar-refractivity contribution < 1.29 is 35.1 Å². The lowest BCUT2D eigenvalue weighted by molar-refractivity contribution is 0.418. The molecule has 5 rings (SSSR count). The molecule has 0 aliphatic heterocycles. The predicted molar refractivity (Wildman–Crippen MR) is 101 cm³/mol. The van der Waals surface area contributed by atoms with Gasteiger partial charge in [-0.3, -0.25) is 0 Å². The average Bonchev–Trinajstić information content (AvgIpc) is 3.30. The molecule has 0 aliphatic carbocycles. The highest BCUT2D eigenvalue weighted by Gasteiger charge is 2.29. The van der Waals surface area contributed by atoms with Crippen molar-refractivity contribution >= 4 is 43.1 Å². The van der Waals surface area contributed by atoms with Gasteiger partial charge in [-0.1, -0.05) is 0 Å². The van der Waals surface area contributed by atoms with Gasteiger partial charge in [-0.15, -0.1) is 0 Å². The van der Waals surface area contributed by atoms with Crippen LogP contribution in [0.25, 0.3) is 43.1 Å². The highest BCUT2D eigenvalue weighted by molar-refractivity contribution is 6.21. The minimum atomic E-state index is -2.18. The van der Waals surface area contributed by atoms with Crippen LogP contribution < -0.4 is 10.7 Å². The van der Waals surface area contributed by atoms with Crippen LogP contribution in [0.15, 0.2) is 22.1 Å². The van der Waals surface area contributed by atoms with Gasteiger partial charge in [0, 0.05) is 21.5 Å². The summed E-state index contributed by atoms with van der Waals surface area (Å²) in [5.41, 5.74) is 0. The number of hydrogen-bond donors (Lipinski definition) is 0. The van der Waals surface area contributed by atoms with Crippen LogP contribution >= 0.6 is 0 Å². The molecular formula is C22H2F8N4. The van der Waals surface area contributed by atoms with Crippen LogP contribution in [0.1, 0.15) is 0 Å². The Labute approximate surface area is 181 Å².